The highest BCUT2D eigenvalue weighted by molar-refractivity contribution is 14.1. The minimum Gasteiger partial charge on any atom is -0.507 e. The summed E-state index contributed by atoms with van der Waals surface area (Å²) in [5.41, 5.74) is -0.400. The summed E-state index contributed by atoms with van der Waals surface area (Å²) in [5.74, 6) is 0.358. The first-order valence-electron chi connectivity index (χ1n) is 5.26. The van der Waals surface area contributed by atoms with Gasteiger partial charge in [0.05, 0.1) is 5.56 Å². The van der Waals surface area contributed by atoms with Gasteiger partial charge in [-0.15, -0.1) is 0 Å². The van der Waals surface area contributed by atoms with E-state index in [9.17, 15) is 14.7 Å². The molecule has 0 bridgehead atoms. The third-order valence-electron chi connectivity index (χ3n) is 2.60. The van der Waals surface area contributed by atoms with Gasteiger partial charge in [-0.2, -0.15) is 0 Å². The van der Waals surface area contributed by atoms with Crippen LogP contribution in [-0.2, 0) is 0 Å². The third kappa shape index (κ3) is 2.03. The van der Waals surface area contributed by atoms with E-state index in [4.69, 9.17) is 0 Å². The molecule has 0 amide bonds. The number of halogens is 1. The van der Waals surface area contributed by atoms with Gasteiger partial charge < -0.3 is 10.1 Å². The van der Waals surface area contributed by atoms with E-state index in [2.05, 4.69) is 42.5 Å². The van der Waals surface area contributed by atoms with Gasteiger partial charge in [-0.1, -0.05) is 0 Å². The summed E-state index contributed by atoms with van der Waals surface area (Å²) in [7, 11) is 0. The number of aromatic hydroxyl groups is 1. The van der Waals surface area contributed by atoms with Gasteiger partial charge in [0.15, 0.2) is 5.65 Å². The lowest BCUT2D eigenvalue weighted by atomic mass is 10.2. The summed E-state index contributed by atoms with van der Waals surface area (Å²) in [4.78, 5) is 34.2. The van der Waals surface area contributed by atoms with Crippen molar-refractivity contribution in [2.45, 2.75) is 0 Å². The Morgan fingerprint density at radius 3 is 2.74 bits per heavy atom. The number of phenols is 1. The standard InChI is InChI=1S/C11H7IN4O3/c12-4-1-2-6(17)5(3-4)8-13-7-9(14-8)15-11(19)16-10(7)18/h1-3,17H,(H3,13,14,15,16,18,19). The zero-order chi connectivity index (χ0) is 13.6. The minimum absolute atomic E-state index is 0.0400. The van der Waals surface area contributed by atoms with Crippen molar-refractivity contribution in [3.63, 3.8) is 0 Å². The lowest BCUT2D eigenvalue weighted by Crippen LogP contribution is -2.21. The molecule has 7 nitrogen and oxygen atoms in total. The second kappa shape index (κ2) is 4.23. The lowest BCUT2D eigenvalue weighted by Gasteiger charge is -2.01. The first-order valence-corrected chi connectivity index (χ1v) is 6.33. The van der Waals surface area contributed by atoms with Crippen LogP contribution in [0.2, 0.25) is 0 Å². The largest absolute Gasteiger partial charge is 0.507 e. The van der Waals surface area contributed by atoms with E-state index < -0.39 is 11.2 Å². The fourth-order valence-electron chi connectivity index (χ4n) is 1.76. The average molecular weight is 370 g/mol. The zero-order valence-electron chi connectivity index (χ0n) is 9.32. The molecule has 8 heteroatoms. The molecule has 0 fully saturated rings. The summed E-state index contributed by atoms with van der Waals surface area (Å²) >= 11 is 2.10. The van der Waals surface area contributed by atoms with Crippen molar-refractivity contribution in [3.05, 3.63) is 42.6 Å². The summed E-state index contributed by atoms with van der Waals surface area (Å²) < 4.78 is 0.910. The molecule has 1 aromatic carbocycles. The van der Waals surface area contributed by atoms with Crippen LogP contribution in [0.25, 0.3) is 22.6 Å². The molecule has 0 atom stereocenters. The molecule has 0 unspecified atom stereocenters. The average Bonchev–Trinajstić information content (AvgIpc) is 2.76. The first-order chi connectivity index (χ1) is 9.04. The number of imidazole rings is 1. The number of hydrogen-bond donors (Lipinski definition) is 4. The van der Waals surface area contributed by atoms with Crippen LogP contribution in [0.3, 0.4) is 0 Å². The van der Waals surface area contributed by atoms with Gasteiger partial charge >= 0.3 is 5.69 Å². The van der Waals surface area contributed by atoms with Crippen molar-refractivity contribution < 1.29 is 5.11 Å². The molecule has 0 aliphatic heterocycles. The topological polar surface area (TPSA) is 115 Å². The predicted octanol–water partition coefficient (Wildman–Crippen LogP) is 0.917. The van der Waals surface area contributed by atoms with Crippen molar-refractivity contribution in [1.29, 1.82) is 0 Å². The molecule has 3 aromatic rings. The molecule has 0 aliphatic rings. The van der Waals surface area contributed by atoms with Crippen LogP contribution in [0, 0.1) is 3.57 Å². The SMILES string of the molecule is O=c1[nH]c(=O)c2[nH]c(-c3cc(I)ccc3O)nc2[nH]1. The van der Waals surface area contributed by atoms with Crippen molar-refractivity contribution in [1.82, 2.24) is 19.9 Å². The maximum atomic E-state index is 11.6. The van der Waals surface area contributed by atoms with Gasteiger partial charge in [-0.05, 0) is 40.8 Å². The molecule has 0 aliphatic carbocycles. The summed E-state index contributed by atoms with van der Waals surface area (Å²) in [6.07, 6.45) is 0. The highest BCUT2D eigenvalue weighted by atomic mass is 127. The maximum Gasteiger partial charge on any atom is 0.327 e. The number of fused-ring (bicyclic) bond motifs is 1. The van der Waals surface area contributed by atoms with Gasteiger partial charge in [0.1, 0.15) is 17.1 Å². The molecule has 4 N–H and O–H groups in total. The molecule has 0 radical (unpaired) electrons. The van der Waals surface area contributed by atoms with E-state index in [1.165, 1.54) is 6.07 Å². The summed E-state index contributed by atoms with van der Waals surface area (Å²) in [6, 6.07) is 5.01. The monoisotopic (exact) mass is 370 g/mol. The van der Waals surface area contributed by atoms with Crippen LogP contribution < -0.4 is 11.2 Å². The molecule has 0 saturated carbocycles. The molecule has 19 heavy (non-hydrogen) atoms. The first kappa shape index (κ1) is 12.0. The van der Waals surface area contributed by atoms with Crippen LogP contribution in [0.15, 0.2) is 27.8 Å². The van der Waals surface area contributed by atoms with E-state index in [-0.39, 0.29) is 16.9 Å². The van der Waals surface area contributed by atoms with Crippen molar-refractivity contribution in [2.75, 3.05) is 0 Å². The predicted molar refractivity (Wildman–Crippen MR) is 77.2 cm³/mol. The normalized spacial score (nSPS) is 11.0. The number of nitrogens with zero attached hydrogens (tertiary/aromatic N) is 1. The fourth-order valence-corrected chi connectivity index (χ4v) is 2.25. The Bertz CT molecular complexity index is 893. The molecule has 2 heterocycles. The number of phenolic OH excluding ortho intramolecular Hbond substituents is 1. The smallest absolute Gasteiger partial charge is 0.327 e. The maximum absolute atomic E-state index is 11.6. The van der Waals surface area contributed by atoms with Gasteiger partial charge in [0.2, 0.25) is 0 Å². The van der Waals surface area contributed by atoms with Crippen molar-refractivity contribution in [2.24, 2.45) is 0 Å². The van der Waals surface area contributed by atoms with E-state index in [1.807, 2.05) is 0 Å². The summed E-state index contributed by atoms with van der Waals surface area (Å²) in [5, 5.41) is 9.82. The van der Waals surface area contributed by atoms with Gasteiger partial charge in [0, 0.05) is 3.57 Å². The number of hydrogen-bond acceptors (Lipinski definition) is 4. The van der Waals surface area contributed by atoms with Crippen LogP contribution in [0.5, 0.6) is 5.75 Å². The molecule has 96 valence electrons. The van der Waals surface area contributed by atoms with E-state index >= 15 is 0 Å². The fraction of sp³-hybridized carbons (Fsp3) is 0. The van der Waals surface area contributed by atoms with E-state index in [1.54, 1.807) is 12.1 Å². The second-order valence-electron chi connectivity index (χ2n) is 3.88. The van der Waals surface area contributed by atoms with E-state index in [0.29, 0.717) is 11.4 Å². The zero-order valence-corrected chi connectivity index (χ0v) is 11.5. The molecule has 0 saturated heterocycles. The second-order valence-corrected chi connectivity index (χ2v) is 5.12. The van der Waals surface area contributed by atoms with E-state index in [0.717, 1.165) is 3.57 Å². The van der Waals surface area contributed by atoms with Crippen LogP contribution >= 0.6 is 22.6 Å². The molecule has 2 aromatic heterocycles. The molecular formula is C11H7IN4O3. The molecule has 0 spiro atoms. The number of aromatic amines is 3. The molecular weight excluding hydrogens is 363 g/mol. The number of H-pyrrole nitrogens is 3. The Balaban J connectivity index is 2.32. The number of rotatable bonds is 1. The van der Waals surface area contributed by atoms with Gasteiger partial charge in [-0.3, -0.25) is 14.8 Å². The number of aromatic nitrogens is 4. The van der Waals surface area contributed by atoms with Crippen molar-refractivity contribution in [3.8, 4) is 17.1 Å². The highest BCUT2D eigenvalue weighted by Crippen LogP contribution is 2.28. The Morgan fingerprint density at radius 1 is 1.16 bits per heavy atom. The van der Waals surface area contributed by atoms with Crippen LogP contribution in [-0.4, -0.2) is 25.0 Å². The summed E-state index contributed by atoms with van der Waals surface area (Å²) in [6.45, 7) is 0. The van der Waals surface area contributed by atoms with Crippen LogP contribution in [0.4, 0.5) is 0 Å². The Labute approximate surface area is 118 Å². The van der Waals surface area contributed by atoms with Gasteiger partial charge in [-0.25, -0.2) is 9.78 Å². The Morgan fingerprint density at radius 2 is 1.95 bits per heavy atom. The number of nitrogens with one attached hydrogen (secondary N) is 3. The highest BCUT2D eigenvalue weighted by Gasteiger charge is 2.12. The Kier molecular flexibility index (Phi) is 2.66. The number of benzene rings is 1. The molecule has 3 rings (SSSR count). The quantitative estimate of drug-likeness (QED) is 0.477. The minimum atomic E-state index is -0.623. The van der Waals surface area contributed by atoms with Gasteiger partial charge in [0.25, 0.3) is 5.56 Å². The lowest BCUT2D eigenvalue weighted by molar-refractivity contribution is 0.477. The van der Waals surface area contributed by atoms with Crippen LogP contribution in [0.1, 0.15) is 0 Å². The third-order valence-corrected chi connectivity index (χ3v) is 3.27. The Hall–Kier alpha value is -2.10. The van der Waals surface area contributed by atoms with Crippen molar-refractivity contribution >= 4 is 33.8 Å².